The van der Waals surface area contributed by atoms with Crippen molar-refractivity contribution in [3.8, 4) is 0 Å². The summed E-state index contributed by atoms with van der Waals surface area (Å²) in [6.07, 6.45) is 7.05. The third-order valence-electron chi connectivity index (χ3n) is 2.15. The molecule has 0 aromatic rings. The van der Waals surface area contributed by atoms with E-state index >= 15 is 0 Å². The van der Waals surface area contributed by atoms with Gasteiger partial charge in [0.25, 0.3) is 0 Å². The van der Waals surface area contributed by atoms with Gasteiger partial charge < -0.3 is 5.32 Å². The minimum Gasteiger partial charge on any atom is -0.313 e. The highest BCUT2D eigenvalue weighted by atomic mass is 35.5. The second-order valence-corrected chi connectivity index (χ2v) is 3.46. The van der Waals surface area contributed by atoms with Gasteiger partial charge in [0, 0.05) is 18.3 Å². The van der Waals surface area contributed by atoms with Gasteiger partial charge in [-0.3, -0.25) is 0 Å². The Kier molecular flexibility index (Phi) is 7.66. The first-order valence-corrected chi connectivity index (χ1v) is 4.91. The second-order valence-electron chi connectivity index (χ2n) is 3.01. The molecule has 0 atom stereocenters. The van der Waals surface area contributed by atoms with Gasteiger partial charge in [-0.15, -0.1) is 12.4 Å². The van der Waals surface area contributed by atoms with Crippen molar-refractivity contribution in [1.29, 1.82) is 0 Å². The van der Waals surface area contributed by atoms with Crippen molar-refractivity contribution in [2.45, 2.75) is 38.1 Å². The van der Waals surface area contributed by atoms with E-state index in [0.717, 1.165) is 18.3 Å². The smallest absolute Gasteiger partial charge is 0.00673 e. The largest absolute Gasteiger partial charge is 0.313 e. The second kappa shape index (κ2) is 7.26. The molecule has 1 aliphatic carbocycles. The highest BCUT2D eigenvalue weighted by Crippen LogP contribution is 2.16. The molecule has 0 saturated heterocycles. The molecular weight excluding hydrogens is 178 g/mol. The van der Waals surface area contributed by atoms with Crippen LogP contribution in [0.25, 0.3) is 0 Å². The van der Waals surface area contributed by atoms with E-state index in [-0.39, 0.29) is 12.4 Å². The number of nitrogens with one attached hydrogen (secondary N) is 1. The van der Waals surface area contributed by atoms with Gasteiger partial charge in [-0.25, -0.2) is 0 Å². The maximum atomic E-state index is 4.16. The fraction of sp³-hybridized carbons (Fsp3) is 1.00. The summed E-state index contributed by atoms with van der Waals surface area (Å²) in [5.74, 6) is 0.969. The lowest BCUT2D eigenvalue weighted by molar-refractivity contribution is 0.381. The Bertz CT molecular complexity index is 84.2. The lowest BCUT2D eigenvalue weighted by Crippen LogP contribution is -2.32. The molecule has 0 bridgehead atoms. The van der Waals surface area contributed by atoms with Crippen LogP contribution in [-0.2, 0) is 0 Å². The molecule has 3 heteroatoms. The minimum atomic E-state index is 0. The predicted octanol–water partition coefficient (Wildman–Crippen LogP) is 2.26. The van der Waals surface area contributed by atoms with Crippen molar-refractivity contribution in [2.24, 2.45) is 0 Å². The zero-order valence-electron chi connectivity index (χ0n) is 6.88. The lowest BCUT2D eigenvalue weighted by Gasteiger charge is -2.22. The molecule has 1 N–H and O–H groups in total. The van der Waals surface area contributed by atoms with E-state index < -0.39 is 0 Å². The molecule has 1 saturated carbocycles. The van der Waals surface area contributed by atoms with E-state index in [4.69, 9.17) is 0 Å². The van der Waals surface area contributed by atoms with E-state index in [0.29, 0.717) is 0 Å². The standard InChI is InChI=1S/C8H17NS.ClH/c10-7-6-9-8-4-2-1-3-5-8;/h8-10H,1-7H2;1H. The number of hydrogen-bond acceptors (Lipinski definition) is 2. The number of halogens is 1. The molecule has 68 valence electrons. The molecule has 1 nitrogen and oxygen atoms in total. The van der Waals surface area contributed by atoms with Gasteiger partial charge in [-0.2, -0.15) is 12.6 Å². The molecule has 1 fully saturated rings. The number of rotatable bonds is 3. The van der Waals surface area contributed by atoms with Crippen LogP contribution in [0, 0.1) is 0 Å². The van der Waals surface area contributed by atoms with Crippen molar-refractivity contribution >= 4 is 25.0 Å². The third kappa shape index (κ3) is 4.94. The van der Waals surface area contributed by atoms with Crippen LogP contribution in [-0.4, -0.2) is 18.3 Å². The van der Waals surface area contributed by atoms with Crippen LogP contribution in [0.4, 0.5) is 0 Å². The molecule has 0 aromatic carbocycles. The van der Waals surface area contributed by atoms with Crippen LogP contribution < -0.4 is 5.32 Å². The first-order chi connectivity index (χ1) is 4.93. The van der Waals surface area contributed by atoms with Crippen molar-refractivity contribution in [3.05, 3.63) is 0 Å². The summed E-state index contributed by atoms with van der Waals surface area (Å²) in [6.45, 7) is 1.08. The van der Waals surface area contributed by atoms with Gasteiger partial charge in [-0.1, -0.05) is 19.3 Å². The van der Waals surface area contributed by atoms with Crippen molar-refractivity contribution < 1.29 is 0 Å². The van der Waals surface area contributed by atoms with Crippen LogP contribution in [0.1, 0.15) is 32.1 Å². The zero-order chi connectivity index (χ0) is 7.23. The van der Waals surface area contributed by atoms with Crippen molar-refractivity contribution in [2.75, 3.05) is 12.3 Å². The van der Waals surface area contributed by atoms with Crippen LogP contribution in [0.5, 0.6) is 0 Å². The third-order valence-corrected chi connectivity index (χ3v) is 2.37. The molecule has 11 heavy (non-hydrogen) atoms. The Hall–Kier alpha value is 0.600. The quantitative estimate of drug-likeness (QED) is 0.659. The first kappa shape index (κ1) is 11.6. The Balaban J connectivity index is 0.000001000. The summed E-state index contributed by atoms with van der Waals surface area (Å²) < 4.78 is 0. The van der Waals surface area contributed by atoms with Crippen LogP contribution >= 0.6 is 25.0 Å². The first-order valence-electron chi connectivity index (χ1n) is 4.27. The predicted molar refractivity (Wildman–Crippen MR) is 56.0 cm³/mol. The Labute approximate surface area is 81.1 Å². The number of hydrogen-bond donors (Lipinski definition) is 2. The van der Waals surface area contributed by atoms with E-state index in [9.17, 15) is 0 Å². The maximum absolute atomic E-state index is 4.16. The average molecular weight is 196 g/mol. The molecule has 0 aromatic heterocycles. The lowest BCUT2D eigenvalue weighted by atomic mass is 9.96. The van der Waals surface area contributed by atoms with E-state index in [1.807, 2.05) is 0 Å². The SMILES string of the molecule is Cl.SCCNC1CCCCC1. The normalized spacial score (nSPS) is 19.4. The molecule has 1 rings (SSSR count). The Morgan fingerprint density at radius 1 is 1.18 bits per heavy atom. The van der Waals surface area contributed by atoms with Crippen molar-refractivity contribution in [3.63, 3.8) is 0 Å². The molecule has 1 aliphatic rings. The molecule has 0 heterocycles. The summed E-state index contributed by atoms with van der Waals surface area (Å²) >= 11 is 4.16. The van der Waals surface area contributed by atoms with Crippen LogP contribution in [0.2, 0.25) is 0 Å². The number of thiol groups is 1. The maximum Gasteiger partial charge on any atom is 0.00673 e. The van der Waals surface area contributed by atoms with E-state index in [1.165, 1.54) is 32.1 Å². The molecule has 0 aliphatic heterocycles. The average Bonchev–Trinajstić information content (AvgIpc) is 2.03. The van der Waals surface area contributed by atoms with Crippen molar-refractivity contribution in [1.82, 2.24) is 5.32 Å². The zero-order valence-corrected chi connectivity index (χ0v) is 8.59. The molecule has 0 amide bonds. The summed E-state index contributed by atoms with van der Waals surface area (Å²) in [5, 5.41) is 3.49. The summed E-state index contributed by atoms with van der Waals surface area (Å²) in [5.41, 5.74) is 0. The summed E-state index contributed by atoms with van der Waals surface area (Å²) in [7, 11) is 0. The minimum absolute atomic E-state index is 0. The van der Waals surface area contributed by atoms with E-state index in [2.05, 4.69) is 17.9 Å². The fourth-order valence-corrected chi connectivity index (χ4v) is 1.70. The van der Waals surface area contributed by atoms with Gasteiger partial charge in [0.2, 0.25) is 0 Å². The van der Waals surface area contributed by atoms with Gasteiger partial charge in [-0.05, 0) is 12.8 Å². The van der Waals surface area contributed by atoms with E-state index in [1.54, 1.807) is 0 Å². The molecule has 0 unspecified atom stereocenters. The fourth-order valence-electron chi connectivity index (χ4n) is 1.58. The topological polar surface area (TPSA) is 12.0 Å². The van der Waals surface area contributed by atoms with Gasteiger partial charge in [0.05, 0.1) is 0 Å². The van der Waals surface area contributed by atoms with Gasteiger partial charge >= 0.3 is 0 Å². The highest BCUT2D eigenvalue weighted by molar-refractivity contribution is 7.80. The summed E-state index contributed by atoms with van der Waals surface area (Å²) in [6, 6.07) is 0.806. The monoisotopic (exact) mass is 195 g/mol. The Morgan fingerprint density at radius 2 is 1.82 bits per heavy atom. The molecular formula is C8H18ClNS. The van der Waals surface area contributed by atoms with Crippen LogP contribution in [0.15, 0.2) is 0 Å². The van der Waals surface area contributed by atoms with Gasteiger partial charge in [0.15, 0.2) is 0 Å². The summed E-state index contributed by atoms with van der Waals surface area (Å²) in [4.78, 5) is 0. The molecule has 0 radical (unpaired) electrons. The molecule has 0 spiro atoms. The highest BCUT2D eigenvalue weighted by Gasteiger charge is 2.10. The Morgan fingerprint density at radius 3 is 2.36 bits per heavy atom. The van der Waals surface area contributed by atoms with Crippen LogP contribution in [0.3, 0.4) is 0 Å². The van der Waals surface area contributed by atoms with Gasteiger partial charge in [0.1, 0.15) is 0 Å².